The van der Waals surface area contributed by atoms with Gasteiger partial charge in [0, 0.05) is 24.8 Å². The third-order valence-electron chi connectivity index (χ3n) is 4.28. The molecule has 1 aromatic heterocycles. The zero-order valence-corrected chi connectivity index (χ0v) is 14.5. The Morgan fingerprint density at radius 2 is 1.95 bits per heavy atom. The van der Waals surface area contributed by atoms with E-state index in [0.717, 1.165) is 31.6 Å². The van der Waals surface area contributed by atoms with Gasteiger partial charge < -0.3 is 10.6 Å². The van der Waals surface area contributed by atoms with Crippen LogP contribution in [0.3, 0.4) is 0 Å². The molecule has 3 heteroatoms. The van der Waals surface area contributed by atoms with Crippen molar-refractivity contribution in [3.05, 3.63) is 23.4 Å². The van der Waals surface area contributed by atoms with Crippen LogP contribution in [0.15, 0.2) is 12.3 Å². The van der Waals surface area contributed by atoms with Gasteiger partial charge in [-0.15, -0.1) is 0 Å². The molecule has 0 amide bonds. The van der Waals surface area contributed by atoms with E-state index in [1.54, 1.807) is 0 Å². The second-order valence-corrected chi connectivity index (χ2v) is 6.16. The molecule has 1 aromatic rings. The molecule has 0 spiro atoms. The number of aryl methyl sites for hydroxylation is 1. The third-order valence-corrected chi connectivity index (χ3v) is 4.28. The first-order valence-corrected chi connectivity index (χ1v) is 8.51. The van der Waals surface area contributed by atoms with Crippen molar-refractivity contribution < 1.29 is 0 Å². The Bertz CT molecular complexity index is 417. The number of nitrogens with two attached hydrogens (primary N) is 1. The van der Waals surface area contributed by atoms with Crippen LogP contribution in [0.4, 0.5) is 5.82 Å². The summed E-state index contributed by atoms with van der Waals surface area (Å²) in [6, 6.07) is 3.04. The highest BCUT2D eigenvalue weighted by Gasteiger charge is 2.16. The number of aromatic nitrogens is 1. The van der Waals surface area contributed by atoms with E-state index < -0.39 is 0 Å². The summed E-state index contributed by atoms with van der Waals surface area (Å²) < 4.78 is 0. The minimum absolute atomic E-state index is 0.239. The van der Waals surface area contributed by atoms with Crippen molar-refractivity contribution in [2.45, 2.75) is 78.8 Å². The number of nitrogens with zero attached hydrogens (tertiary/aromatic N) is 2. The second-order valence-electron chi connectivity index (χ2n) is 6.16. The Morgan fingerprint density at radius 1 is 1.24 bits per heavy atom. The van der Waals surface area contributed by atoms with E-state index in [2.05, 4.69) is 45.6 Å². The zero-order chi connectivity index (χ0) is 15.8. The van der Waals surface area contributed by atoms with Crippen LogP contribution < -0.4 is 10.6 Å². The van der Waals surface area contributed by atoms with Crippen molar-refractivity contribution in [1.29, 1.82) is 0 Å². The monoisotopic (exact) mass is 291 g/mol. The van der Waals surface area contributed by atoms with Crippen LogP contribution >= 0.6 is 0 Å². The van der Waals surface area contributed by atoms with Gasteiger partial charge in [0.25, 0.3) is 0 Å². The van der Waals surface area contributed by atoms with E-state index in [-0.39, 0.29) is 6.04 Å². The van der Waals surface area contributed by atoms with Crippen molar-refractivity contribution in [1.82, 2.24) is 4.98 Å². The molecule has 0 saturated carbocycles. The molecule has 0 radical (unpaired) electrons. The molecule has 120 valence electrons. The van der Waals surface area contributed by atoms with Crippen LogP contribution in [0.1, 0.15) is 64.5 Å². The lowest BCUT2D eigenvalue weighted by Gasteiger charge is -2.31. The van der Waals surface area contributed by atoms with E-state index in [4.69, 9.17) is 10.7 Å². The second kappa shape index (κ2) is 9.04. The minimum Gasteiger partial charge on any atom is -0.354 e. The van der Waals surface area contributed by atoms with Gasteiger partial charge in [-0.3, -0.25) is 0 Å². The quantitative estimate of drug-likeness (QED) is 0.745. The molecule has 2 atom stereocenters. The highest BCUT2D eigenvalue weighted by atomic mass is 15.2. The summed E-state index contributed by atoms with van der Waals surface area (Å²) in [5.41, 5.74) is 8.58. The molecule has 2 N–H and O–H groups in total. The zero-order valence-electron chi connectivity index (χ0n) is 14.5. The molecule has 1 rings (SSSR count). The summed E-state index contributed by atoms with van der Waals surface area (Å²) in [7, 11) is 0. The van der Waals surface area contributed by atoms with Crippen LogP contribution in [-0.4, -0.2) is 23.6 Å². The molecule has 1 heterocycles. The first kappa shape index (κ1) is 18.0. The highest BCUT2D eigenvalue weighted by Crippen LogP contribution is 2.22. The van der Waals surface area contributed by atoms with Crippen molar-refractivity contribution >= 4 is 5.82 Å². The van der Waals surface area contributed by atoms with Gasteiger partial charge in [0.15, 0.2) is 0 Å². The lowest BCUT2D eigenvalue weighted by Crippen LogP contribution is -2.35. The van der Waals surface area contributed by atoms with Crippen LogP contribution in [0.2, 0.25) is 0 Å². The van der Waals surface area contributed by atoms with Crippen LogP contribution in [0.5, 0.6) is 0 Å². The standard InChI is InChI=1S/C18H33N3/c1-6-9-10-21(15(5)7-2)18-14(4)11-16(13-20-18)12-17(19)8-3/h11,13,15,17H,6-10,12,19H2,1-5H3. The van der Waals surface area contributed by atoms with Gasteiger partial charge in [-0.25, -0.2) is 4.98 Å². The van der Waals surface area contributed by atoms with Gasteiger partial charge in [0.1, 0.15) is 5.82 Å². The molecule has 0 aliphatic carbocycles. The van der Waals surface area contributed by atoms with Crippen molar-refractivity contribution in [3.63, 3.8) is 0 Å². The van der Waals surface area contributed by atoms with E-state index in [9.17, 15) is 0 Å². The molecule has 0 saturated heterocycles. The molecular formula is C18H33N3. The van der Waals surface area contributed by atoms with Gasteiger partial charge in [-0.2, -0.15) is 0 Å². The number of rotatable bonds is 9. The lowest BCUT2D eigenvalue weighted by atomic mass is 10.0. The maximum absolute atomic E-state index is 6.05. The van der Waals surface area contributed by atoms with Crippen molar-refractivity contribution in [2.24, 2.45) is 5.73 Å². The van der Waals surface area contributed by atoms with Crippen molar-refractivity contribution in [3.8, 4) is 0 Å². The summed E-state index contributed by atoms with van der Waals surface area (Å²) in [4.78, 5) is 7.22. The molecule has 3 nitrogen and oxygen atoms in total. The average molecular weight is 291 g/mol. The van der Waals surface area contributed by atoms with Crippen LogP contribution in [-0.2, 0) is 6.42 Å². The fourth-order valence-corrected chi connectivity index (χ4v) is 2.57. The molecule has 0 aliphatic rings. The van der Waals surface area contributed by atoms with Crippen LogP contribution in [0, 0.1) is 6.92 Å². The minimum atomic E-state index is 0.239. The topological polar surface area (TPSA) is 42.2 Å². The maximum Gasteiger partial charge on any atom is 0.131 e. The third kappa shape index (κ3) is 5.31. The molecule has 0 bridgehead atoms. The summed E-state index contributed by atoms with van der Waals surface area (Å²) in [5.74, 6) is 1.15. The number of pyridine rings is 1. The molecule has 0 aromatic carbocycles. The van der Waals surface area contributed by atoms with Gasteiger partial charge in [-0.1, -0.05) is 33.3 Å². The molecule has 0 fully saturated rings. The summed E-state index contributed by atoms with van der Waals surface area (Å²) in [6.07, 6.45) is 7.52. The van der Waals surface area contributed by atoms with Gasteiger partial charge in [0.2, 0.25) is 0 Å². The van der Waals surface area contributed by atoms with Crippen LogP contribution in [0.25, 0.3) is 0 Å². The molecule has 2 unspecified atom stereocenters. The number of hydrogen-bond acceptors (Lipinski definition) is 3. The normalized spacial score (nSPS) is 14.0. The SMILES string of the molecule is CCCCN(c1ncc(CC(N)CC)cc1C)C(C)CC. The molecule has 0 aliphatic heterocycles. The van der Waals surface area contributed by atoms with Crippen molar-refractivity contribution in [2.75, 3.05) is 11.4 Å². The van der Waals surface area contributed by atoms with E-state index in [1.807, 2.05) is 6.20 Å². The fraction of sp³-hybridized carbons (Fsp3) is 0.722. The maximum atomic E-state index is 6.05. The Kier molecular flexibility index (Phi) is 7.73. The van der Waals surface area contributed by atoms with Gasteiger partial charge in [-0.05, 0) is 50.7 Å². The number of anilines is 1. The highest BCUT2D eigenvalue weighted by molar-refractivity contribution is 5.48. The van der Waals surface area contributed by atoms with Gasteiger partial charge >= 0.3 is 0 Å². The predicted octanol–water partition coefficient (Wildman–Crippen LogP) is 4.07. The van der Waals surface area contributed by atoms with E-state index >= 15 is 0 Å². The summed E-state index contributed by atoms with van der Waals surface area (Å²) in [5, 5.41) is 0. The smallest absolute Gasteiger partial charge is 0.131 e. The molecular weight excluding hydrogens is 258 g/mol. The number of unbranched alkanes of at least 4 members (excludes halogenated alkanes) is 1. The Morgan fingerprint density at radius 3 is 2.48 bits per heavy atom. The predicted molar refractivity (Wildman–Crippen MR) is 93.0 cm³/mol. The van der Waals surface area contributed by atoms with E-state index in [1.165, 1.54) is 24.0 Å². The first-order chi connectivity index (χ1) is 10.0. The average Bonchev–Trinajstić information content (AvgIpc) is 2.48. The fourth-order valence-electron chi connectivity index (χ4n) is 2.57. The summed E-state index contributed by atoms with van der Waals surface area (Å²) in [6.45, 7) is 12.2. The molecule has 21 heavy (non-hydrogen) atoms. The van der Waals surface area contributed by atoms with E-state index in [0.29, 0.717) is 6.04 Å². The number of hydrogen-bond donors (Lipinski definition) is 1. The van der Waals surface area contributed by atoms with Gasteiger partial charge in [0.05, 0.1) is 0 Å². The first-order valence-electron chi connectivity index (χ1n) is 8.51. The Labute approximate surface area is 130 Å². The largest absolute Gasteiger partial charge is 0.354 e. The Hall–Kier alpha value is -1.09. The summed E-state index contributed by atoms with van der Waals surface area (Å²) >= 11 is 0. The lowest BCUT2D eigenvalue weighted by molar-refractivity contribution is 0.587. The Balaban J connectivity index is 2.93.